The normalized spacial score (nSPS) is 17.6. The van der Waals surface area contributed by atoms with Crippen LogP contribution in [0, 0.1) is 15.5 Å². The van der Waals surface area contributed by atoms with Crippen LogP contribution in [0.25, 0.3) is 0 Å². The SMILES string of the molecule is CCC1(C)CCN(C(=O)c2cccc([N+](=O)[O-])c2Cl)CC1. The lowest BCUT2D eigenvalue weighted by molar-refractivity contribution is -0.384. The molecule has 1 saturated heterocycles. The van der Waals surface area contributed by atoms with Crippen LogP contribution in [0.15, 0.2) is 18.2 Å². The Bertz CT molecular complexity index is 566. The Kier molecular flexibility index (Phi) is 4.52. The van der Waals surface area contributed by atoms with Gasteiger partial charge in [-0.25, -0.2) is 0 Å². The lowest BCUT2D eigenvalue weighted by Gasteiger charge is -2.39. The van der Waals surface area contributed by atoms with Crippen molar-refractivity contribution in [3.63, 3.8) is 0 Å². The summed E-state index contributed by atoms with van der Waals surface area (Å²) >= 11 is 6.01. The fraction of sp³-hybridized carbons (Fsp3) is 0.533. The number of carbonyl (C=O) groups is 1. The zero-order valence-corrected chi connectivity index (χ0v) is 13.0. The molecule has 1 aromatic rings. The number of hydrogen-bond acceptors (Lipinski definition) is 3. The maximum absolute atomic E-state index is 12.5. The average Bonchev–Trinajstić information content (AvgIpc) is 2.47. The first-order chi connectivity index (χ1) is 9.88. The van der Waals surface area contributed by atoms with Crippen LogP contribution < -0.4 is 0 Å². The van der Waals surface area contributed by atoms with E-state index >= 15 is 0 Å². The molecule has 1 fully saturated rings. The number of nitro groups is 1. The Labute approximate surface area is 129 Å². The summed E-state index contributed by atoms with van der Waals surface area (Å²) in [7, 11) is 0. The van der Waals surface area contributed by atoms with Crippen molar-refractivity contribution >= 4 is 23.2 Å². The summed E-state index contributed by atoms with van der Waals surface area (Å²) in [5.41, 5.74) is 0.271. The van der Waals surface area contributed by atoms with Gasteiger partial charge in [-0.3, -0.25) is 14.9 Å². The third kappa shape index (κ3) is 3.18. The maximum Gasteiger partial charge on any atom is 0.288 e. The first kappa shape index (κ1) is 15.8. The van der Waals surface area contributed by atoms with Gasteiger partial charge < -0.3 is 4.90 Å². The van der Waals surface area contributed by atoms with Gasteiger partial charge in [-0.2, -0.15) is 0 Å². The van der Waals surface area contributed by atoms with Gasteiger partial charge in [0.05, 0.1) is 10.5 Å². The smallest absolute Gasteiger partial charge is 0.288 e. The Hall–Kier alpha value is -1.62. The second-order valence-corrected chi connectivity index (χ2v) is 6.23. The molecule has 1 aliphatic heterocycles. The molecule has 0 aromatic heterocycles. The highest BCUT2D eigenvalue weighted by Gasteiger charge is 2.32. The number of halogens is 1. The predicted molar refractivity (Wildman–Crippen MR) is 81.6 cm³/mol. The molecule has 5 nitrogen and oxygen atoms in total. The van der Waals surface area contributed by atoms with Crippen molar-refractivity contribution in [3.05, 3.63) is 38.9 Å². The van der Waals surface area contributed by atoms with E-state index in [0.717, 1.165) is 19.3 Å². The van der Waals surface area contributed by atoms with Crippen LogP contribution in [-0.4, -0.2) is 28.8 Å². The Balaban J connectivity index is 2.19. The molecule has 114 valence electrons. The van der Waals surface area contributed by atoms with Crippen molar-refractivity contribution in [1.29, 1.82) is 0 Å². The van der Waals surface area contributed by atoms with Gasteiger partial charge in [-0.1, -0.05) is 37.9 Å². The Morgan fingerprint density at radius 1 is 1.43 bits per heavy atom. The van der Waals surface area contributed by atoms with E-state index in [1.54, 1.807) is 11.0 Å². The highest BCUT2D eigenvalue weighted by Crippen LogP contribution is 2.35. The number of carbonyl (C=O) groups excluding carboxylic acids is 1. The van der Waals surface area contributed by atoms with Crippen molar-refractivity contribution in [2.45, 2.75) is 33.1 Å². The molecule has 0 aliphatic carbocycles. The monoisotopic (exact) mass is 310 g/mol. The topological polar surface area (TPSA) is 63.5 Å². The molecule has 0 N–H and O–H groups in total. The van der Waals surface area contributed by atoms with Gasteiger partial charge >= 0.3 is 0 Å². The minimum atomic E-state index is -0.566. The summed E-state index contributed by atoms with van der Waals surface area (Å²) in [6, 6.07) is 4.35. The van der Waals surface area contributed by atoms with Gasteiger partial charge in [0.2, 0.25) is 0 Å². The van der Waals surface area contributed by atoms with Crippen molar-refractivity contribution in [2.24, 2.45) is 5.41 Å². The van der Waals surface area contributed by atoms with Crippen LogP contribution in [0.4, 0.5) is 5.69 Å². The zero-order chi connectivity index (χ0) is 15.6. The van der Waals surface area contributed by atoms with Crippen molar-refractivity contribution < 1.29 is 9.72 Å². The summed E-state index contributed by atoms with van der Waals surface area (Å²) in [5, 5.41) is 10.8. The number of rotatable bonds is 3. The van der Waals surface area contributed by atoms with Crippen LogP contribution in [0.5, 0.6) is 0 Å². The molecule has 1 heterocycles. The van der Waals surface area contributed by atoms with Gasteiger partial charge in [0.25, 0.3) is 11.6 Å². The van der Waals surface area contributed by atoms with Crippen LogP contribution >= 0.6 is 11.6 Å². The predicted octanol–water partition coefficient (Wildman–Crippen LogP) is 3.90. The average molecular weight is 311 g/mol. The van der Waals surface area contributed by atoms with E-state index in [9.17, 15) is 14.9 Å². The second kappa shape index (κ2) is 6.02. The Morgan fingerprint density at radius 2 is 2.05 bits per heavy atom. The van der Waals surface area contributed by atoms with Gasteiger partial charge in [0, 0.05) is 19.2 Å². The number of amides is 1. The van der Waals surface area contributed by atoms with Crippen LogP contribution in [-0.2, 0) is 0 Å². The maximum atomic E-state index is 12.5. The molecule has 6 heteroatoms. The number of benzene rings is 1. The van der Waals surface area contributed by atoms with E-state index in [1.165, 1.54) is 12.1 Å². The van der Waals surface area contributed by atoms with Crippen LogP contribution in [0.3, 0.4) is 0 Å². The lowest BCUT2D eigenvalue weighted by atomic mass is 9.78. The molecule has 0 saturated carbocycles. The first-order valence-electron chi connectivity index (χ1n) is 7.10. The fourth-order valence-electron chi connectivity index (χ4n) is 2.60. The molecule has 1 amide bonds. The standard InChI is InChI=1S/C15H19ClN2O3/c1-3-15(2)7-9-17(10-8-15)14(19)11-5-4-6-12(13(11)16)18(20)21/h4-6H,3,7-10H2,1-2H3. The number of nitrogens with zero attached hydrogens (tertiary/aromatic N) is 2. The van der Waals surface area contributed by atoms with Crippen molar-refractivity contribution in [1.82, 2.24) is 4.90 Å². The minimum Gasteiger partial charge on any atom is -0.339 e. The third-order valence-corrected chi connectivity index (χ3v) is 4.91. The largest absolute Gasteiger partial charge is 0.339 e. The second-order valence-electron chi connectivity index (χ2n) is 5.85. The molecule has 0 unspecified atom stereocenters. The summed E-state index contributed by atoms with van der Waals surface area (Å²) in [5.74, 6) is -0.221. The molecular weight excluding hydrogens is 292 g/mol. The summed E-state index contributed by atoms with van der Waals surface area (Å²) in [6.45, 7) is 5.73. The van der Waals surface area contributed by atoms with Gasteiger partial charge in [-0.05, 0) is 24.3 Å². The number of nitro benzene ring substituents is 1. The van der Waals surface area contributed by atoms with E-state index < -0.39 is 4.92 Å². The molecule has 0 atom stereocenters. The molecular formula is C15H19ClN2O3. The fourth-order valence-corrected chi connectivity index (χ4v) is 2.88. The minimum absolute atomic E-state index is 0.0728. The number of likely N-dealkylation sites (tertiary alicyclic amines) is 1. The highest BCUT2D eigenvalue weighted by molar-refractivity contribution is 6.35. The van der Waals surface area contributed by atoms with Crippen LogP contribution in [0.1, 0.15) is 43.5 Å². The molecule has 0 spiro atoms. The zero-order valence-electron chi connectivity index (χ0n) is 12.3. The van der Waals surface area contributed by atoms with Crippen LogP contribution in [0.2, 0.25) is 5.02 Å². The summed E-state index contributed by atoms with van der Waals surface area (Å²) < 4.78 is 0. The van der Waals surface area contributed by atoms with Gasteiger partial charge in [-0.15, -0.1) is 0 Å². The van der Waals surface area contributed by atoms with Crippen molar-refractivity contribution in [2.75, 3.05) is 13.1 Å². The molecule has 0 bridgehead atoms. The molecule has 21 heavy (non-hydrogen) atoms. The number of hydrogen-bond donors (Lipinski definition) is 0. The molecule has 2 rings (SSSR count). The molecule has 0 radical (unpaired) electrons. The third-order valence-electron chi connectivity index (χ3n) is 4.52. The van der Waals surface area contributed by atoms with E-state index in [-0.39, 0.29) is 27.6 Å². The van der Waals surface area contributed by atoms with E-state index in [1.807, 2.05) is 0 Å². The van der Waals surface area contributed by atoms with E-state index in [4.69, 9.17) is 11.6 Å². The Morgan fingerprint density at radius 3 is 2.57 bits per heavy atom. The summed E-state index contributed by atoms with van der Waals surface area (Å²) in [6.07, 6.45) is 2.98. The van der Waals surface area contributed by atoms with Crippen molar-refractivity contribution in [3.8, 4) is 0 Å². The molecule has 1 aliphatic rings. The van der Waals surface area contributed by atoms with Gasteiger partial charge in [0.1, 0.15) is 5.02 Å². The van der Waals surface area contributed by atoms with E-state index in [0.29, 0.717) is 13.1 Å². The quantitative estimate of drug-likeness (QED) is 0.628. The lowest BCUT2D eigenvalue weighted by Crippen LogP contribution is -2.42. The first-order valence-corrected chi connectivity index (χ1v) is 7.48. The highest BCUT2D eigenvalue weighted by atomic mass is 35.5. The van der Waals surface area contributed by atoms with E-state index in [2.05, 4.69) is 13.8 Å². The van der Waals surface area contributed by atoms with Gasteiger partial charge in [0.15, 0.2) is 0 Å². The molecule has 1 aromatic carbocycles. The number of piperidine rings is 1. The summed E-state index contributed by atoms with van der Waals surface area (Å²) in [4.78, 5) is 24.6.